The lowest BCUT2D eigenvalue weighted by Gasteiger charge is -2.34. The summed E-state index contributed by atoms with van der Waals surface area (Å²) in [7, 11) is 0. The van der Waals surface area contributed by atoms with Crippen molar-refractivity contribution in [2.45, 2.75) is 58.0 Å². The molecule has 1 aliphatic heterocycles. The smallest absolute Gasteiger partial charge is 0.409 e. The standard InChI is InChI=1S/C16H30N2O3/c1-12(2)11-21-16(20)18-8-6-14(7-9-18)17-15-5-3-4-13(15)10-19/h12-15,17,19H,3-11H2,1-2H3/t13-,15+/m1/s1. The second-order valence-corrected chi connectivity index (χ2v) is 6.88. The van der Waals surface area contributed by atoms with E-state index in [1.165, 1.54) is 12.8 Å². The van der Waals surface area contributed by atoms with Gasteiger partial charge in [-0.1, -0.05) is 20.3 Å². The highest BCUT2D eigenvalue weighted by atomic mass is 16.6. The average molecular weight is 298 g/mol. The Hall–Kier alpha value is -0.810. The molecule has 0 aromatic rings. The van der Waals surface area contributed by atoms with Crippen molar-refractivity contribution in [2.24, 2.45) is 11.8 Å². The van der Waals surface area contributed by atoms with Crippen molar-refractivity contribution in [3.05, 3.63) is 0 Å². The Morgan fingerprint density at radius 3 is 2.62 bits per heavy atom. The summed E-state index contributed by atoms with van der Waals surface area (Å²) >= 11 is 0. The van der Waals surface area contributed by atoms with Gasteiger partial charge in [0, 0.05) is 31.8 Å². The number of amides is 1. The molecule has 2 fully saturated rings. The van der Waals surface area contributed by atoms with E-state index in [0.29, 0.717) is 30.5 Å². The van der Waals surface area contributed by atoms with Gasteiger partial charge in [0.25, 0.3) is 0 Å². The van der Waals surface area contributed by atoms with E-state index in [9.17, 15) is 9.90 Å². The van der Waals surface area contributed by atoms with Gasteiger partial charge in [0.1, 0.15) is 0 Å². The molecule has 5 heteroatoms. The number of hydrogen-bond donors (Lipinski definition) is 2. The molecule has 0 aromatic heterocycles. The second-order valence-electron chi connectivity index (χ2n) is 6.88. The Bertz CT molecular complexity index is 327. The molecule has 0 bridgehead atoms. The number of piperidine rings is 1. The zero-order valence-corrected chi connectivity index (χ0v) is 13.4. The Morgan fingerprint density at radius 1 is 1.29 bits per heavy atom. The number of likely N-dealkylation sites (tertiary alicyclic amines) is 1. The van der Waals surface area contributed by atoms with Crippen LogP contribution >= 0.6 is 0 Å². The van der Waals surface area contributed by atoms with Crippen molar-refractivity contribution in [3.8, 4) is 0 Å². The van der Waals surface area contributed by atoms with Crippen molar-refractivity contribution < 1.29 is 14.6 Å². The Balaban J connectivity index is 1.69. The molecule has 1 saturated carbocycles. The van der Waals surface area contributed by atoms with Crippen LogP contribution in [0.1, 0.15) is 46.0 Å². The van der Waals surface area contributed by atoms with E-state index in [2.05, 4.69) is 5.32 Å². The van der Waals surface area contributed by atoms with Gasteiger partial charge in [-0.15, -0.1) is 0 Å². The van der Waals surface area contributed by atoms with Crippen LogP contribution in [0, 0.1) is 11.8 Å². The van der Waals surface area contributed by atoms with Crippen molar-refractivity contribution >= 4 is 6.09 Å². The third kappa shape index (κ3) is 4.85. The highest BCUT2D eigenvalue weighted by Gasteiger charge is 2.30. The Morgan fingerprint density at radius 2 is 2.00 bits per heavy atom. The number of aliphatic hydroxyl groups is 1. The number of rotatable bonds is 5. The van der Waals surface area contributed by atoms with Crippen LogP contribution in [0.2, 0.25) is 0 Å². The fourth-order valence-corrected chi connectivity index (χ4v) is 3.34. The van der Waals surface area contributed by atoms with E-state index in [-0.39, 0.29) is 12.7 Å². The summed E-state index contributed by atoms with van der Waals surface area (Å²) < 4.78 is 5.28. The fourth-order valence-electron chi connectivity index (χ4n) is 3.34. The first-order valence-corrected chi connectivity index (χ1v) is 8.38. The molecule has 5 nitrogen and oxygen atoms in total. The van der Waals surface area contributed by atoms with Crippen molar-refractivity contribution in [1.82, 2.24) is 10.2 Å². The summed E-state index contributed by atoms with van der Waals surface area (Å²) in [5, 5.41) is 13.1. The van der Waals surface area contributed by atoms with Gasteiger partial charge < -0.3 is 20.1 Å². The van der Waals surface area contributed by atoms with Gasteiger partial charge in [0.05, 0.1) is 6.61 Å². The third-order valence-corrected chi connectivity index (χ3v) is 4.64. The van der Waals surface area contributed by atoms with Crippen LogP contribution in [0.25, 0.3) is 0 Å². The van der Waals surface area contributed by atoms with E-state index in [0.717, 1.165) is 32.4 Å². The summed E-state index contributed by atoms with van der Waals surface area (Å²) in [5.74, 6) is 0.796. The lowest BCUT2D eigenvalue weighted by atomic mass is 10.00. The Labute approximate surface area is 128 Å². The normalized spacial score (nSPS) is 27.3. The number of nitrogens with one attached hydrogen (secondary N) is 1. The maximum absolute atomic E-state index is 11.9. The molecule has 2 rings (SSSR count). The molecular weight excluding hydrogens is 268 g/mol. The SMILES string of the molecule is CC(C)COC(=O)N1CCC(N[C@H]2CCC[C@@H]2CO)CC1. The molecule has 1 amide bonds. The quantitative estimate of drug-likeness (QED) is 0.815. The van der Waals surface area contributed by atoms with Crippen LogP contribution in [0.3, 0.4) is 0 Å². The van der Waals surface area contributed by atoms with E-state index in [1.807, 2.05) is 18.7 Å². The molecule has 2 aliphatic rings. The first kappa shape index (κ1) is 16.6. The van der Waals surface area contributed by atoms with Gasteiger partial charge in [-0.2, -0.15) is 0 Å². The van der Waals surface area contributed by atoms with Crippen molar-refractivity contribution in [3.63, 3.8) is 0 Å². The number of nitrogens with zero attached hydrogens (tertiary/aromatic N) is 1. The number of carbonyl (C=O) groups is 1. The summed E-state index contributed by atoms with van der Waals surface area (Å²) in [4.78, 5) is 13.7. The van der Waals surface area contributed by atoms with E-state index < -0.39 is 0 Å². The van der Waals surface area contributed by atoms with Gasteiger partial charge in [0.15, 0.2) is 0 Å². The lowest BCUT2D eigenvalue weighted by Crippen LogP contribution is -2.49. The number of ether oxygens (including phenoxy) is 1. The molecule has 122 valence electrons. The van der Waals surface area contributed by atoms with Crippen LogP contribution in [0.5, 0.6) is 0 Å². The first-order valence-electron chi connectivity index (χ1n) is 8.38. The third-order valence-electron chi connectivity index (χ3n) is 4.64. The molecule has 0 aromatic carbocycles. The molecule has 0 spiro atoms. The number of aliphatic hydroxyl groups excluding tert-OH is 1. The van der Waals surface area contributed by atoms with Crippen LogP contribution in [-0.2, 0) is 4.74 Å². The monoisotopic (exact) mass is 298 g/mol. The van der Waals surface area contributed by atoms with Crippen LogP contribution in [0.15, 0.2) is 0 Å². The van der Waals surface area contributed by atoms with Gasteiger partial charge >= 0.3 is 6.09 Å². The molecule has 0 unspecified atom stereocenters. The maximum Gasteiger partial charge on any atom is 0.409 e. The molecule has 21 heavy (non-hydrogen) atoms. The van der Waals surface area contributed by atoms with Crippen LogP contribution in [0.4, 0.5) is 4.79 Å². The van der Waals surface area contributed by atoms with Crippen molar-refractivity contribution in [2.75, 3.05) is 26.3 Å². The van der Waals surface area contributed by atoms with Crippen LogP contribution in [-0.4, -0.2) is 54.5 Å². The van der Waals surface area contributed by atoms with Crippen LogP contribution < -0.4 is 5.32 Å². The van der Waals surface area contributed by atoms with Crippen molar-refractivity contribution in [1.29, 1.82) is 0 Å². The summed E-state index contributed by atoms with van der Waals surface area (Å²) in [6.45, 7) is 6.41. The number of hydrogen-bond acceptors (Lipinski definition) is 4. The zero-order valence-electron chi connectivity index (χ0n) is 13.4. The zero-order chi connectivity index (χ0) is 15.2. The summed E-state index contributed by atoms with van der Waals surface area (Å²) in [6, 6.07) is 0.927. The van der Waals surface area contributed by atoms with E-state index in [4.69, 9.17) is 4.74 Å². The first-order chi connectivity index (χ1) is 10.1. The minimum Gasteiger partial charge on any atom is -0.449 e. The topological polar surface area (TPSA) is 61.8 Å². The highest BCUT2D eigenvalue weighted by molar-refractivity contribution is 5.67. The number of carbonyl (C=O) groups excluding carboxylic acids is 1. The summed E-state index contributed by atoms with van der Waals surface area (Å²) in [6.07, 6.45) is 5.30. The minimum absolute atomic E-state index is 0.170. The molecule has 1 aliphatic carbocycles. The molecule has 1 saturated heterocycles. The van der Waals surface area contributed by atoms with Gasteiger partial charge in [-0.3, -0.25) is 0 Å². The molecule has 2 atom stereocenters. The molecule has 2 N–H and O–H groups in total. The molecule has 1 heterocycles. The second kappa shape index (κ2) is 7.99. The molecule has 0 radical (unpaired) electrons. The molecular formula is C16H30N2O3. The predicted octanol–water partition coefficient (Wildman–Crippen LogP) is 1.99. The predicted molar refractivity (Wildman–Crippen MR) is 82.1 cm³/mol. The van der Waals surface area contributed by atoms with E-state index >= 15 is 0 Å². The fraction of sp³-hybridized carbons (Fsp3) is 0.938. The van der Waals surface area contributed by atoms with Gasteiger partial charge in [-0.25, -0.2) is 4.79 Å². The lowest BCUT2D eigenvalue weighted by molar-refractivity contribution is 0.0801. The average Bonchev–Trinajstić information content (AvgIpc) is 2.92. The largest absolute Gasteiger partial charge is 0.449 e. The van der Waals surface area contributed by atoms with Gasteiger partial charge in [-0.05, 0) is 37.5 Å². The maximum atomic E-state index is 11.9. The highest BCUT2D eigenvalue weighted by Crippen LogP contribution is 2.26. The summed E-state index contributed by atoms with van der Waals surface area (Å²) in [5.41, 5.74) is 0. The van der Waals surface area contributed by atoms with E-state index in [1.54, 1.807) is 0 Å². The minimum atomic E-state index is -0.170. The van der Waals surface area contributed by atoms with Gasteiger partial charge in [0.2, 0.25) is 0 Å². The Kier molecular flexibility index (Phi) is 6.30.